The van der Waals surface area contributed by atoms with E-state index in [2.05, 4.69) is 0 Å². The SMILES string of the molecule is O=C(O)CC1COCCN1C(=O)CSCc1ccc(Cl)cc1Cl. The van der Waals surface area contributed by atoms with Crippen molar-refractivity contribution in [3.8, 4) is 0 Å². The quantitative estimate of drug-likeness (QED) is 0.825. The van der Waals surface area contributed by atoms with Crippen LogP contribution in [0, 0.1) is 0 Å². The second kappa shape index (κ2) is 8.78. The van der Waals surface area contributed by atoms with Gasteiger partial charge in [0.15, 0.2) is 0 Å². The third kappa shape index (κ3) is 5.57. The number of carboxylic acids is 1. The van der Waals surface area contributed by atoms with Crippen molar-refractivity contribution < 1.29 is 19.4 Å². The summed E-state index contributed by atoms with van der Waals surface area (Å²) in [4.78, 5) is 24.8. The lowest BCUT2D eigenvalue weighted by Crippen LogP contribution is -2.50. The van der Waals surface area contributed by atoms with Crippen molar-refractivity contribution in [1.29, 1.82) is 0 Å². The summed E-state index contributed by atoms with van der Waals surface area (Å²) in [5.74, 6) is -0.140. The second-order valence-electron chi connectivity index (χ2n) is 5.14. The summed E-state index contributed by atoms with van der Waals surface area (Å²) in [7, 11) is 0. The molecule has 23 heavy (non-hydrogen) atoms. The minimum Gasteiger partial charge on any atom is -0.481 e. The van der Waals surface area contributed by atoms with Gasteiger partial charge in [-0.2, -0.15) is 0 Å². The maximum Gasteiger partial charge on any atom is 0.305 e. The molecule has 1 heterocycles. The van der Waals surface area contributed by atoms with E-state index in [1.165, 1.54) is 11.8 Å². The van der Waals surface area contributed by atoms with Crippen molar-refractivity contribution >= 4 is 46.8 Å². The number of benzene rings is 1. The van der Waals surface area contributed by atoms with Crippen molar-refractivity contribution in [2.24, 2.45) is 0 Å². The van der Waals surface area contributed by atoms with Gasteiger partial charge in [0.05, 0.1) is 31.4 Å². The molecule has 0 saturated carbocycles. The Kier molecular flexibility index (Phi) is 7.02. The highest BCUT2D eigenvalue weighted by Gasteiger charge is 2.28. The number of halogens is 2. The van der Waals surface area contributed by atoms with E-state index in [-0.39, 0.29) is 24.7 Å². The van der Waals surface area contributed by atoms with Crippen molar-refractivity contribution in [3.05, 3.63) is 33.8 Å². The Hall–Kier alpha value is -0.950. The summed E-state index contributed by atoms with van der Waals surface area (Å²) in [6.07, 6.45) is -0.0978. The van der Waals surface area contributed by atoms with Crippen molar-refractivity contribution in [1.82, 2.24) is 4.90 Å². The first-order valence-corrected chi connectivity index (χ1v) is 8.99. The molecule has 126 valence electrons. The third-order valence-electron chi connectivity index (χ3n) is 3.46. The highest BCUT2D eigenvalue weighted by Crippen LogP contribution is 2.25. The lowest BCUT2D eigenvalue weighted by Gasteiger charge is -2.34. The predicted octanol–water partition coefficient (Wildman–Crippen LogP) is 2.93. The molecule has 8 heteroatoms. The molecule has 1 aromatic carbocycles. The van der Waals surface area contributed by atoms with Gasteiger partial charge >= 0.3 is 5.97 Å². The second-order valence-corrected chi connectivity index (χ2v) is 6.97. The highest BCUT2D eigenvalue weighted by molar-refractivity contribution is 7.99. The van der Waals surface area contributed by atoms with E-state index >= 15 is 0 Å². The summed E-state index contributed by atoms with van der Waals surface area (Å²) in [5, 5.41) is 10.1. The minimum absolute atomic E-state index is 0.0744. The maximum atomic E-state index is 12.3. The number of rotatable bonds is 6. The molecule has 1 saturated heterocycles. The van der Waals surface area contributed by atoms with E-state index in [0.717, 1.165) is 5.56 Å². The average Bonchev–Trinajstić information content (AvgIpc) is 2.49. The van der Waals surface area contributed by atoms with E-state index in [0.29, 0.717) is 28.9 Å². The van der Waals surface area contributed by atoms with Crippen LogP contribution in [0.25, 0.3) is 0 Å². The molecule has 1 aliphatic rings. The molecule has 0 aliphatic carbocycles. The van der Waals surface area contributed by atoms with E-state index < -0.39 is 12.0 Å². The molecule has 1 atom stereocenters. The number of aliphatic carboxylic acids is 1. The number of morpholine rings is 1. The van der Waals surface area contributed by atoms with Crippen molar-refractivity contribution in [2.75, 3.05) is 25.5 Å². The molecule has 1 aliphatic heterocycles. The number of amides is 1. The monoisotopic (exact) mass is 377 g/mol. The van der Waals surface area contributed by atoms with Gasteiger partial charge in [-0.15, -0.1) is 11.8 Å². The molecule has 2 rings (SSSR count). The van der Waals surface area contributed by atoms with Crippen LogP contribution in [0.4, 0.5) is 0 Å². The molecule has 0 bridgehead atoms. The Labute approximate surface area is 148 Å². The van der Waals surface area contributed by atoms with Crippen LogP contribution < -0.4 is 0 Å². The molecular formula is C15H17Cl2NO4S. The molecule has 5 nitrogen and oxygen atoms in total. The third-order valence-corrected chi connectivity index (χ3v) is 5.01. The minimum atomic E-state index is -0.932. The summed E-state index contributed by atoms with van der Waals surface area (Å²) in [5.41, 5.74) is 0.915. The Bertz CT molecular complexity index is 585. The number of ether oxygens (including phenoxy) is 1. The number of carbonyl (C=O) groups excluding carboxylic acids is 1. The Balaban J connectivity index is 1.86. The summed E-state index contributed by atoms with van der Waals surface area (Å²) < 4.78 is 5.27. The summed E-state index contributed by atoms with van der Waals surface area (Å²) >= 11 is 13.4. The topological polar surface area (TPSA) is 66.8 Å². The van der Waals surface area contributed by atoms with Crippen LogP contribution in [0.15, 0.2) is 18.2 Å². The normalized spacial score (nSPS) is 18.0. The Morgan fingerprint density at radius 1 is 1.39 bits per heavy atom. The number of carbonyl (C=O) groups is 2. The number of hydrogen-bond acceptors (Lipinski definition) is 4. The molecule has 0 aromatic heterocycles. The fourth-order valence-corrected chi connectivity index (χ4v) is 3.79. The van der Waals surface area contributed by atoms with Crippen LogP contribution in [0.3, 0.4) is 0 Å². The van der Waals surface area contributed by atoms with Crippen LogP contribution in [0.2, 0.25) is 10.0 Å². The largest absolute Gasteiger partial charge is 0.481 e. The zero-order valence-corrected chi connectivity index (χ0v) is 14.7. The van der Waals surface area contributed by atoms with Gasteiger partial charge in [-0.3, -0.25) is 9.59 Å². The van der Waals surface area contributed by atoms with Gasteiger partial charge in [0.1, 0.15) is 0 Å². The van der Waals surface area contributed by atoms with Crippen LogP contribution in [-0.4, -0.2) is 53.4 Å². The van der Waals surface area contributed by atoms with Gasteiger partial charge in [-0.25, -0.2) is 0 Å². The number of nitrogens with zero attached hydrogens (tertiary/aromatic N) is 1. The molecule has 0 radical (unpaired) electrons. The lowest BCUT2D eigenvalue weighted by atomic mass is 10.1. The standard InChI is InChI=1S/C15H17Cl2NO4S/c16-11-2-1-10(13(17)5-11)8-23-9-14(19)18-3-4-22-7-12(18)6-15(20)21/h1-2,5,12H,3-4,6-9H2,(H,20,21). The number of carboxylic acid groups (broad SMARTS) is 1. The highest BCUT2D eigenvalue weighted by atomic mass is 35.5. The first kappa shape index (κ1) is 18.4. The van der Waals surface area contributed by atoms with E-state index in [1.54, 1.807) is 17.0 Å². The van der Waals surface area contributed by atoms with Crippen LogP contribution in [0.5, 0.6) is 0 Å². The molecule has 0 spiro atoms. The first-order valence-electron chi connectivity index (χ1n) is 7.08. The van der Waals surface area contributed by atoms with Crippen molar-refractivity contribution in [2.45, 2.75) is 18.2 Å². The van der Waals surface area contributed by atoms with Gasteiger partial charge in [-0.1, -0.05) is 29.3 Å². The molecule has 1 unspecified atom stereocenters. The van der Waals surface area contributed by atoms with E-state index in [1.807, 2.05) is 6.07 Å². The molecule has 1 amide bonds. The molecular weight excluding hydrogens is 361 g/mol. The van der Waals surface area contributed by atoms with Gasteiger partial charge in [0.2, 0.25) is 5.91 Å². The molecule has 1 N–H and O–H groups in total. The van der Waals surface area contributed by atoms with Crippen LogP contribution >= 0.6 is 35.0 Å². The maximum absolute atomic E-state index is 12.3. The lowest BCUT2D eigenvalue weighted by molar-refractivity contribution is -0.144. The Morgan fingerprint density at radius 3 is 2.87 bits per heavy atom. The number of hydrogen-bond donors (Lipinski definition) is 1. The predicted molar refractivity (Wildman–Crippen MR) is 91.2 cm³/mol. The van der Waals surface area contributed by atoms with Gasteiger partial charge in [0, 0.05) is 22.3 Å². The average molecular weight is 378 g/mol. The summed E-state index contributed by atoms with van der Waals surface area (Å²) in [6.45, 7) is 1.14. The van der Waals surface area contributed by atoms with Crippen molar-refractivity contribution in [3.63, 3.8) is 0 Å². The van der Waals surface area contributed by atoms with Gasteiger partial charge in [0.25, 0.3) is 0 Å². The fourth-order valence-electron chi connectivity index (χ4n) is 2.32. The fraction of sp³-hybridized carbons (Fsp3) is 0.467. The smallest absolute Gasteiger partial charge is 0.305 e. The van der Waals surface area contributed by atoms with E-state index in [4.69, 9.17) is 33.0 Å². The summed E-state index contributed by atoms with van der Waals surface area (Å²) in [6, 6.07) is 4.87. The Morgan fingerprint density at radius 2 is 2.17 bits per heavy atom. The van der Waals surface area contributed by atoms with E-state index in [9.17, 15) is 9.59 Å². The van der Waals surface area contributed by atoms with Crippen LogP contribution in [-0.2, 0) is 20.1 Å². The zero-order valence-electron chi connectivity index (χ0n) is 12.3. The first-order chi connectivity index (χ1) is 11.0. The molecule has 1 fully saturated rings. The van der Waals surface area contributed by atoms with Gasteiger partial charge in [-0.05, 0) is 17.7 Å². The van der Waals surface area contributed by atoms with Gasteiger partial charge < -0.3 is 14.7 Å². The zero-order chi connectivity index (χ0) is 16.8. The number of thioether (sulfide) groups is 1. The molecule has 1 aromatic rings. The van der Waals surface area contributed by atoms with Crippen LogP contribution in [0.1, 0.15) is 12.0 Å².